The van der Waals surface area contributed by atoms with Gasteiger partial charge in [0.1, 0.15) is 11.5 Å². The fourth-order valence-corrected chi connectivity index (χ4v) is 2.47. The molecule has 10 heteroatoms. The average Bonchev–Trinajstić information content (AvgIpc) is 2.69. The number of nitro benzene ring substituents is 1. The summed E-state index contributed by atoms with van der Waals surface area (Å²) in [6.07, 6.45) is 0. The third kappa shape index (κ3) is 7.07. The number of benzene rings is 2. The van der Waals surface area contributed by atoms with Gasteiger partial charge >= 0.3 is 0 Å². The molecule has 0 saturated carbocycles. The molecule has 0 saturated heterocycles. The monoisotopic (exact) mass is 465 g/mol. The maximum absolute atomic E-state index is 12.4. The van der Waals surface area contributed by atoms with E-state index >= 15 is 0 Å². The summed E-state index contributed by atoms with van der Waals surface area (Å²) in [5.41, 5.74) is 4.73. The van der Waals surface area contributed by atoms with E-state index in [2.05, 4.69) is 26.8 Å². The number of nitro groups is 1. The van der Waals surface area contributed by atoms with Crippen molar-refractivity contribution in [3.63, 3.8) is 0 Å². The Morgan fingerprint density at radius 1 is 1.10 bits per heavy atom. The third-order valence-corrected chi connectivity index (χ3v) is 3.98. The van der Waals surface area contributed by atoms with Crippen LogP contribution in [0.5, 0.6) is 11.5 Å². The molecule has 0 aliphatic carbocycles. The minimum Gasteiger partial charge on any atom is -0.492 e. The molecule has 9 nitrogen and oxygen atoms in total. The SMILES string of the molecule is CC(C)COc1ccc(Br)cc1C(=O)NNC(=O)COc1ccc([N+](=O)[O-])cc1. The summed E-state index contributed by atoms with van der Waals surface area (Å²) in [6.45, 7) is 4.04. The molecule has 0 aromatic heterocycles. The quantitative estimate of drug-likeness (QED) is 0.456. The third-order valence-electron chi connectivity index (χ3n) is 3.49. The maximum Gasteiger partial charge on any atom is 0.276 e. The van der Waals surface area contributed by atoms with Crippen LogP contribution in [0.3, 0.4) is 0 Å². The van der Waals surface area contributed by atoms with E-state index in [0.717, 1.165) is 0 Å². The molecule has 0 heterocycles. The highest BCUT2D eigenvalue weighted by Gasteiger charge is 2.15. The van der Waals surface area contributed by atoms with E-state index in [1.165, 1.54) is 24.3 Å². The van der Waals surface area contributed by atoms with Gasteiger partial charge in [0, 0.05) is 16.6 Å². The Labute approximate surface area is 175 Å². The van der Waals surface area contributed by atoms with Gasteiger partial charge in [-0.15, -0.1) is 0 Å². The molecular formula is C19H20BrN3O6. The van der Waals surface area contributed by atoms with Gasteiger partial charge in [0.05, 0.1) is 17.1 Å². The molecule has 0 unspecified atom stereocenters. The molecule has 0 aliphatic heterocycles. The highest BCUT2D eigenvalue weighted by Crippen LogP contribution is 2.23. The van der Waals surface area contributed by atoms with Crippen LogP contribution < -0.4 is 20.3 Å². The lowest BCUT2D eigenvalue weighted by atomic mass is 10.2. The van der Waals surface area contributed by atoms with Gasteiger partial charge in [0.25, 0.3) is 17.5 Å². The molecule has 154 valence electrons. The number of hydrazine groups is 1. The number of nitrogens with one attached hydrogen (secondary N) is 2. The second kappa shape index (κ2) is 10.4. The highest BCUT2D eigenvalue weighted by atomic mass is 79.9. The normalized spacial score (nSPS) is 10.3. The molecule has 0 atom stereocenters. The Balaban J connectivity index is 1.88. The first-order valence-electron chi connectivity index (χ1n) is 8.65. The van der Waals surface area contributed by atoms with Crippen LogP contribution in [-0.4, -0.2) is 30.0 Å². The van der Waals surface area contributed by atoms with Crippen LogP contribution >= 0.6 is 15.9 Å². The summed E-state index contributed by atoms with van der Waals surface area (Å²) in [7, 11) is 0. The molecule has 0 fully saturated rings. The van der Waals surface area contributed by atoms with Crippen LogP contribution in [0.1, 0.15) is 24.2 Å². The van der Waals surface area contributed by atoms with Gasteiger partial charge in [-0.25, -0.2) is 0 Å². The van der Waals surface area contributed by atoms with Crippen molar-refractivity contribution < 1.29 is 24.0 Å². The van der Waals surface area contributed by atoms with E-state index < -0.39 is 16.7 Å². The van der Waals surface area contributed by atoms with Gasteiger partial charge in [0.2, 0.25) is 0 Å². The first kappa shape index (κ1) is 22.2. The number of rotatable bonds is 8. The molecule has 0 bridgehead atoms. The van der Waals surface area contributed by atoms with E-state index in [1.54, 1.807) is 18.2 Å². The van der Waals surface area contributed by atoms with E-state index in [4.69, 9.17) is 9.47 Å². The van der Waals surface area contributed by atoms with Crippen molar-refractivity contribution >= 4 is 33.4 Å². The van der Waals surface area contributed by atoms with Gasteiger partial charge in [0.15, 0.2) is 6.61 Å². The largest absolute Gasteiger partial charge is 0.492 e. The number of amides is 2. The standard InChI is InChI=1S/C19H20BrN3O6/c1-12(2)10-29-17-8-3-13(20)9-16(17)19(25)22-21-18(24)11-28-15-6-4-14(5-7-15)23(26)27/h3-9,12H,10-11H2,1-2H3,(H,21,24)(H,22,25). The van der Waals surface area contributed by atoms with Crippen LogP contribution in [0.15, 0.2) is 46.9 Å². The Hall–Kier alpha value is -3.14. The van der Waals surface area contributed by atoms with Gasteiger partial charge in [-0.1, -0.05) is 29.8 Å². The van der Waals surface area contributed by atoms with Crippen molar-refractivity contribution in [3.8, 4) is 11.5 Å². The maximum atomic E-state index is 12.4. The number of nitrogens with zero attached hydrogens (tertiary/aromatic N) is 1. The van der Waals surface area contributed by atoms with Gasteiger partial charge < -0.3 is 9.47 Å². The van der Waals surface area contributed by atoms with E-state index in [-0.39, 0.29) is 29.5 Å². The summed E-state index contributed by atoms with van der Waals surface area (Å²) in [5.74, 6) is -0.180. The molecule has 2 aromatic carbocycles. The predicted octanol–water partition coefficient (Wildman–Crippen LogP) is 3.23. The van der Waals surface area contributed by atoms with Crippen molar-refractivity contribution in [1.82, 2.24) is 10.9 Å². The lowest BCUT2D eigenvalue weighted by Crippen LogP contribution is -2.44. The fraction of sp³-hybridized carbons (Fsp3) is 0.263. The second-order valence-electron chi connectivity index (χ2n) is 6.39. The minimum absolute atomic E-state index is 0.0847. The van der Waals surface area contributed by atoms with Crippen molar-refractivity contribution in [3.05, 3.63) is 62.6 Å². The van der Waals surface area contributed by atoms with Crippen LogP contribution in [-0.2, 0) is 4.79 Å². The zero-order valence-corrected chi connectivity index (χ0v) is 17.4. The molecule has 2 aromatic rings. The molecule has 2 amide bonds. The fourth-order valence-electron chi connectivity index (χ4n) is 2.10. The topological polar surface area (TPSA) is 120 Å². The second-order valence-corrected chi connectivity index (χ2v) is 7.30. The van der Waals surface area contributed by atoms with E-state index in [9.17, 15) is 19.7 Å². The summed E-state index contributed by atoms with van der Waals surface area (Å²) < 4.78 is 11.6. The van der Waals surface area contributed by atoms with Crippen molar-refractivity contribution in [1.29, 1.82) is 0 Å². The molecule has 29 heavy (non-hydrogen) atoms. The zero-order valence-electron chi connectivity index (χ0n) is 15.8. The lowest BCUT2D eigenvalue weighted by Gasteiger charge is -2.14. The Morgan fingerprint density at radius 3 is 2.41 bits per heavy atom. The average molecular weight is 466 g/mol. The number of ether oxygens (including phenoxy) is 2. The molecule has 0 aliphatic rings. The molecular weight excluding hydrogens is 446 g/mol. The Bertz CT molecular complexity index is 886. The highest BCUT2D eigenvalue weighted by molar-refractivity contribution is 9.10. The first-order chi connectivity index (χ1) is 13.8. The van der Waals surface area contributed by atoms with Crippen LogP contribution in [0.2, 0.25) is 0 Å². The zero-order chi connectivity index (χ0) is 21.4. The van der Waals surface area contributed by atoms with E-state index in [0.29, 0.717) is 16.8 Å². The smallest absolute Gasteiger partial charge is 0.276 e. The number of non-ortho nitro benzene ring substituents is 1. The summed E-state index contributed by atoms with van der Waals surface area (Å²) >= 11 is 3.30. The van der Waals surface area contributed by atoms with Crippen molar-refractivity contribution in [2.75, 3.05) is 13.2 Å². The lowest BCUT2D eigenvalue weighted by molar-refractivity contribution is -0.384. The molecule has 2 rings (SSSR count). The van der Waals surface area contributed by atoms with Gasteiger partial charge in [-0.2, -0.15) is 0 Å². The van der Waals surface area contributed by atoms with Gasteiger partial charge in [-0.3, -0.25) is 30.6 Å². The van der Waals surface area contributed by atoms with Crippen LogP contribution in [0.25, 0.3) is 0 Å². The number of halogens is 1. The van der Waals surface area contributed by atoms with Crippen LogP contribution in [0, 0.1) is 16.0 Å². The number of hydrogen-bond acceptors (Lipinski definition) is 6. The molecule has 0 spiro atoms. The van der Waals surface area contributed by atoms with Crippen molar-refractivity contribution in [2.45, 2.75) is 13.8 Å². The van der Waals surface area contributed by atoms with E-state index in [1.807, 2.05) is 13.8 Å². The summed E-state index contributed by atoms with van der Waals surface area (Å²) in [4.78, 5) is 34.4. The number of hydrogen-bond donors (Lipinski definition) is 2. The summed E-state index contributed by atoms with van der Waals surface area (Å²) in [6, 6.07) is 10.3. The Kier molecular flexibility index (Phi) is 7.96. The molecule has 0 radical (unpaired) electrons. The number of carbonyl (C=O) groups is 2. The molecule has 2 N–H and O–H groups in total. The Morgan fingerprint density at radius 2 is 1.79 bits per heavy atom. The number of carbonyl (C=O) groups excluding carboxylic acids is 2. The van der Waals surface area contributed by atoms with Crippen molar-refractivity contribution in [2.24, 2.45) is 5.92 Å². The predicted molar refractivity (Wildman–Crippen MR) is 109 cm³/mol. The van der Waals surface area contributed by atoms with Crippen LogP contribution in [0.4, 0.5) is 5.69 Å². The van der Waals surface area contributed by atoms with Gasteiger partial charge in [-0.05, 0) is 36.2 Å². The summed E-state index contributed by atoms with van der Waals surface area (Å²) in [5, 5.41) is 10.6. The minimum atomic E-state index is -0.601. The first-order valence-corrected chi connectivity index (χ1v) is 9.44.